The molecule has 0 radical (unpaired) electrons. The first-order valence-corrected chi connectivity index (χ1v) is 7.37. The second kappa shape index (κ2) is 11.4. The molecule has 0 unspecified atom stereocenters. The summed E-state index contributed by atoms with van der Waals surface area (Å²) >= 11 is 0. The Morgan fingerprint density at radius 1 is 0.517 bits per heavy atom. The number of rotatable bonds is 12. The topological polar surface area (TPSA) is 105 Å². The molecule has 12 heteroatoms. The molecule has 0 amide bonds. The lowest BCUT2D eigenvalue weighted by Gasteiger charge is -2.31. The van der Waals surface area contributed by atoms with Gasteiger partial charge in [0.15, 0.2) is 0 Å². The summed E-state index contributed by atoms with van der Waals surface area (Å²) < 4.78 is 69.3. The second-order valence-electron chi connectivity index (χ2n) is 5.42. The summed E-state index contributed by atoms with van der Waals surface area (Å²) in [7, 11) is 0. The summed E-state index contributed by atoms with van der Waals surface area (Å²) in [6.45, 7) is 6.72. The van der Waals surface area contributed by atoms with E-state index in [4.69, 9.17) is 0 Å². The van der Waals surface area contributed by atoms with Gasteiger partial charge >= 0.3 is 23.9 Å². The fraction of sp³-hybridized carbons (Fsp3) is 0.294. The number of hydrogen-bond donors (Lipinski definition) is 0. The number of halogens is 4. The molecule has 8 nitrogen and oxygen atoms in total. The monoisotopic (exact) mass is 424 g/mol. The van der Waals surface area contributed by atoms with Gasteiger partial charge in [-0.1, -0.05) is 26.3 Å². The van der Waals surface area contributed by atoms with E-state index >= 15 is 0 Å². The lowest BCUT2D eigenvalue weighted by atomic mass is 9.92. The maximum atomic E-state index is 12.8. The second-order valence-corrected chi connectivity index (χ2v) is 5.42. The largest absolute Gasteiger partial charge is 0.459 e. The van der Waals surface area contributed by atoms with E-state index < -0.39 is 79.0 Å². The molecule has 0 aromatic rings. The molecule has 0 aromatic heterocycles. The van der Waals surface area contributed by atoms with Gasteiger partial charge in [-0.2, -0.15) is 17.6 Å². The molecule has 0 heterocycles. The molecule has 0 atom stereocenters. The first kappa shape index (κ1) is 25.6. The van der Waals surface area contributed by atoms with Crippen molar-refractivity contribution in [2.75, 3.05) is 26.4 Å². The Balaban J connectivity index is 5.69. The van der Waals surface area contributed by atoms with Gasteiger partial charge in [0, 0.05) is 0 Å². The molecular weight excluding hydrogens is 408 g/mol. The zero-order valence-corrected chi connectivity index (χ0v) is 14.9. The first-order chi connectivity index (χ1) is 13.3. The van der Waals surface area contributed by atoms with Crippen molar-refractivity contribution in [3.05, 3.63) is 49.6 Å². The van der Waals surface area contributed by atoms with E-state index in [-0.39, 0.29) is 0 Å². The molecule has 0 bridgehead atoms. The van der Waals surface area contributed by atoms with Gasteiger partial charge in [-0.25, -0.2) is 19.2 Å². The Labute approximate surface area is 162 Å². The van der Waals surface area contributed by atoms with Crippen LogP contribution in [-0.4, -0.2) is 50.3 Å². The van der Waals surface area contributed by atoms with Crippen molar-refractivity contribution in [3.63, 3.8) is 0 Å². The van der Waals surface area contributed by atoms with Crippen LogP contribution in [0.3, 0.4) is 0 Å². The predicted octanol–water partition coefficient (Wildman–Crippen LogP) is 2.08. The van der Waals surface area contributed by atoms with Crippen LogP contribution in [0, 0.1) is 5.41 Å². The minimum Gasteiger partial charge on any atom is -0.459 e. The Bertz CT molecular complexity index is 618. The van der Waals surface area contributed by atoms with E-state index in [1.807, 2.05) is 0 Å². The number of carbonyl (C=O) groups excluding carboxylic acids is 4. The summed E-state index contributed by atoms with van der Waals surface area (Å²) in [4.78, 5) is 45.1. The summed E-state index contributed by atoms with van der Waals surface area (Å²) in [5.41, 5.74) is -2.04. The van der Waals surface area contributed by atoms with E-state index in [1.165, 1.54) is 0 Å². The van der Waals surface area contributed by atoms with Crippen LogP contribution < -0.4 is 0 Å². The van der Waals surface area contributed by atoms with Gasteiger partial charge in [0.25, 0.3) is 0 Å². The van der Waals surface area contributed by atoms with E-state index in [0.29, 0.717) is 0 Å². The van der Waals surface area contributed by atoms with Gasteiger partial charge in [-0.15, -0.1) is 0 Å². The minimum atomic E-state index is -2.04. The summed E-state index contributed by atoms with van der Waals surface area (Å²) in [6, 6.07) is 0. The Hall–Kier alpha value is -3.44. The molecule has 0 rings (SSSR count). The van der Waals surface area contributed by atoms with Crippen molar-refractivity contribution in [1.82, 2.24) is 0 Å². The lowest BCUT2D eigenvalue weighted by Crippen LogP contribution is -2.44. The molecule has 0 fully saturated rings. The number of esters is 4. The number of carbonyl (C=O) groups is 4. The van der Waals surface area contributed by atoms with Gasteiger partial charge in [-0.3, -0.25) is 0 Å². The van der Waals surface area contributed by atoms with Crippen LogP contribution in [0.25, 0.3) is 0 Å². The van der Waals surface area contributed by atoms with E-state index in [1.54, 1.807) is 0 Å². The van der Waals surface area contributed by atoms with Crippen molar-refractivity contribution in [2.45, 2.75) is 0 Å². The van der Waals surface area contributed by atoms with Crippen molar-refractivity contribution in [2.24, 2.45) is 5.41 Å². The van der Waals surface area contributed by atoms with Crippen LogP contribution in [0.5, 0.6) is 0 Å². The van der Waals surface area contributed by atoms with Crippen LogP contribution in [0.1, 0.15) is 0 Å². The van der Waals surface area contributed by atoms with Crippen LogP contribution in [0.2, 0.25) is 0 Å². The van der Waals surface area contributed by atoms with E-state index in [2.05, 4.69) is 45.3 Å². The zero-order valence-electron chi connectivity index (χ0n) is 14.9. The molecule has 0 aliphatic heterocycles. The third-order valence-electron chi connectivity index (χ3n) is 2.92. The van der Waals surface area contributed by atoms with Crippen LogP contribution in [0.4, 0.5) is 17.6 Å². The smallest absolute Gasteiger partial charge is 0.366 e. The van der Waals surface area contributed by atoms with Gasteiger partial charge in [0.1, 0.15) is 31.8 Å². The highest BCUT2D eigenvalue weighted by Gasteiger charge is 2.39. The highest BCUT2D eigenvalue weighted by Crippen LogP contribution is 2.23. The SMILES string of the molecule is C=C(F)C(=O)OCC(COC(=O)C(=C)F)(COC(=O)C(=C)F)COC(=O)C(=C)F. The number of ether oxygens (including phenoxy) is 4. The van der Waals surface area contributed by atoms with Crippen LogP contribution >= 0.6 is 0 Å². The predicted molar refractivity (Wildman–Crippen MR) is 87.3 cm³/mol. The fourth-order valence-corrected chi connectivity index (χ4v) is 1.44. The van der Waals surface area contributed by atoms with Crippen molar-refractivity contribution >= 4 is 23.9 Å². The molecule has 0 N–H and O–H groups in total. The van der Waals surface area contributed by atoms with Gasteiger partial charge in [0.2, 0.25) is 23.3 Å². The molecule has 0 aliphatic rings. The summed E-state index contributed by atoms with van der Waals surface area (Å²) in [6.07, 6.45) is 0. The standard InChI is InChI=1S/C17H16F4O8/c1-9(18)13(22)26-5-17(6-27-14(23)10(2)19,7-28-15(24)11(3)20)8-29-16(25)12(4)21/h1-8H2. The number of hydrogen-bond acceptors (Lipinski definition) is 8. The highest BCUT2D eigenvalue weighted by molar-refractivity contribution is 5.86. The molecule has 0 aliphatic carbocycles. The summed E-state index contributed by atoms with van der Waals surface area (Å²) in [5.74, 6) is -12.6. The molecular formula is C17H16F4O8. The third kappa shape index (κ3) is 9.35. The fourth-order valence-electron chi connectivity index (χ4n) is 1.44. The van der Waals surface area contributed by atoms with Crippen molar-refractivity contribution in [1.29, 1.82) is 0 Å². The Morgan fingerprint density at radius 3 is 0.828 bits per heavy atom. The molecule has 0 spiro atoms. The normalized spacial score (nSPS) is 10.3. The summed E-state index contributed by atoms with van der Waals surface area (Å²) in [5, 5.41) is 0. The lowest BCUT2D eigenvalue weighted by molar-refractivity contribution is -0.167. The molecule has 0 saturated carbocycles. The van der Waals surface area contributed by atoms with E-state index in [0.717, 1.165) is 0 Å². The molecule has 160 valence electrons. The highest BCUT2D eigenvalue weighted by atomic mass is 19.1. The van der Waals surface area contributed by atoms with Gasteiger partial charge < -0.3 is 18.9 Å². The van der Waals surface area contributed by atoms with Crippen molar-refractivity contribution < 1.29 is 55.7 Å². The molecule has 0 saturated heterocycles. The average Bonchev–Trinajstić information content (AvgIpc) is 2.64. The quantitative estimate of drug-likeness (QED) is 0.203. The third-order valence-corrected chi connectivity index (χ3v) is 2.92. The Morgan fingerprint density at radius 2 is 0.690 bits per heavy atom. The minimum absolute atomic E-state index is 0.987. The first-order valence-electron chi connectivity index (χ1n) is 7.37. The maximum Gasteiger partial charge on any atom is 0.366 e. The van der Waals surface area contributed by atoms with Crippen molar-refractivity contribution in [3.8, 4) is 0 Å². The molecule has 29 heavy (non-hydrogen) atoms. The van der Waals surface area contributed by atoms with Crippen LogP contribution in [-0.2, 0) is 38.1 Å². The Kier molecular flexibility index (Phi) is 10.1. The molecule has 0 aromatic carbocycles. The van der Waals surface area contributed by atoms with E-state index in [9.17, 15) is 36.7 Å². The van der Waals surface area contributed by atoms with Crippen LogP contribution in [0.15, 0.2) is 49.6 Å². The zero-order chi connectivity index (χ0) is 22.8. The average molecular weight is 424 g/mol. The van der Waals surface area contributed by atoms with Gasteiger partial charge in [0.05, 0.1) is 0 Å². The maximum absolute atomic E-state index is 12.8. The van der Waals surface area contributed by atoms with Gasteiger partial charge in [-0.05, 0) is 0 Å².